The number of hydrogen-bond acceptors (Lipinski definition) is 3. The molecule has 1 rings (SSSR count). The van der Waals surface area contributed by atoms with E-state index in [-0.39, 0.29) is 10.1 Å². The Balaban J connectivity index is 3.04. The van der Waals surface area contributed by atoms with Gasteiger partial charge in [-0.05, 0) is 49.2 Å². The largest absolute Gasteiger partial charge is 0.440 e. The van der Waals surface area contributed by atoms with E-state index in [9.17, 15) is 13.2 Å². The highest BCUT2D eigenvalue weighted by Gasteiger charge is 2.31. The van der Waals surface area contributed by atoms with Crippen molar-refractivity contribution in [2.45, 2.75) is 13.1 Å². The van der Waals surface area contributed by atoms with Gasteiger partial charge < -0.3 is 4.74 Å². The molecule has 1 aromatic rings. The molecular formula is C10H9F3OS2. The zero-order chi connectivity index (χ0) is 12.3. The van der Waals surface area contributed by atoms with E-state index in [1.54, 1.807) is 13.2 Å². The zero-order valence-electron chi connectivity index (χ0n) is 8.59. The molecule has 0 aromatic heterocycles. The van der Waals surface area contributed by atoms with E-state index < -0.39 is 11.7 Å². The summed E-state index contributed by atoms with van der Waals surface area (Å²) in [6.07, 6.45) is -2.67. The van der Waals surface area contributed by atoms with Gasteiger partial charge in [-0.25, -0.2) is 0 Å². The number of hydrogen-bond donors (Lipinski definition) is 0. The summed E-state index contributed by atoms with van der Waals surface area (Å²) in [6, 6.07) is 3.52. The second kappa shape index (κ2) is 5.05. The van der Waals surface area contributed by atoms with Crippen molar-refractivity contribution < 1.29 is 17.9 Å². The second-order valence-electron chi connectivity index (χ2n) is 3.09. The maximum absolute atomic E-state index is 12.5. The van der Waals surface area contributed by atoms with Crippen molar-refractivity contribution in [1.82, 2.24) is 0 Å². The van der Waals surface area contributed by atoms with E-state index in [1.807, 2.05) is 0 Å². The smallest absolute Gasteiger partial charge is 0.416 e. The van der Waals surface area contributed by atoms with E-state index in [2.05, 4.69) is 0 Å². The summed E-state index contributed by atoms with van der Waals surface area (Å²) in [7, 11) is 0. The molecule has 0 saturated heterocycles. The third-order valence-corrected chi connectivity index (χ3v) is 2.75. The van der Waals surface area contributed by atoms with E-state index in [0.717, 1.165) is 12.1 Å². The number of thioether (sulfide) groups is 1. The first-order chi connectivity index (χ1) is 7.32. The van der Waals surface area contributed by atoms with Crippen LogP contribution >= 0.6 is 24.0 Å². The molecule has 0 fully saturated rings. The minimum absolute atomic E-state index is 0.117. The SMILES string of the molecule is CSC(=S)Oc1cc(C)cc(C(F)(F)F)c1. The first kappa shape index (κ1) is 13.3. The molecule has 0 amide bonds. The van der Waals surface area contributed by atoms with Crippen LogP contribution in [0.15, 0.2) is 18.2 Å². The summed E-state index contributed by atoms with van der Waals surface area (Å²) in [5.74, 6) is 0.117. The van der Waals surface area contributed by atoms with E-state index >= 15 is 0 Å². The Hall–Kier alpha value is -0.750. The van der Waals surface area contributed by atoms with Gasteiger partial charge in [0, 0.05) is 0 Å². The first-order valence-electron chi connectivity index (χ1n) is 4.27. The van der Waals surface area contributed by atoms with Gasteiger partial charge in [-0.15, -0.1) is 0 Å². The molecular weight excluding hydrogens is 257 g/mol. The predicted octanol–water partition coefficient (Wildman–Crippen LogP) is 4.04. The van der Waals surface area contributed by atoms with E-state index in [4.69, 9.17) is 17.0 Å². The molecule has 0 N–H and O–H groups in total. The zero-order valence-corrected chi connectivity index (χ0v) is 10.2. The predicted molar refractivity (Wildman–Crippen MR) is 62.9 cm³/mol. The fraction of sp³-hybridized carbons (Fsp3) is 0.300. The van der Waals surface area contributed by atoms with Crippen LogP contribution in [0.3, 0.4) is 0 Å². The third-order valence-electron chi connectivity index (χ3n) is 1.75. The summed E-state index contributed by atoms with van der Waals surface area (Å²) in [6.45, 7) is 1.57. The topological polar surface area (TPSA) is 9.23 Å². The fourth-order valence-corrected chi connectivity index (χ4v) is 1.38. The molecule has 16 heavy (non-hydrogen) atoms. The van der Waals surface area contributed by atoms with Gasteiger partial charge in [-0.2, -0.15) is 13.2 Å². The Bertz CT molecular complexity index is 402. The molecule has 0 radical (unpaired) electrons. The third kappa shape index (κ3) is 3.68. The second-order valence-corrected chi connectivity index (χ2v) is 4.50. The number of benzene rings is 1. The molecule has 1 nitrogen and oxygen atoms in total. The molecule has 6 heteroatoms. The van der Waals surface area contributed by atoms with Crippen LogP contribution in [-0.2, 0) is 6.18 Å². The van der Waals surface area contributed by atoms with Crippen molar-refractivity contribution >= 4 is 28.4 Å². The molecule has 88 valence electrons. The normalized spacial score (nSPS) is 11.3. The van der Waals surface area contributed by atoms with Crippen molar-refractivity contribution in [3.8, 4) is 5.75 Å². The minimum atomic E-state index is -4.37. The lowest BCUT2D eigenvalue weighted by Gasteiger charge is -2.11. The van der Waals surface area contributed by atoms with Crippen LogP contribution in [0.25, 0.3) is 0 Å². The average molecular weight is 266 g/mol. The lowest BCUT2D eigenvalue weighted by Crippen LogP contribution is -2.07. The van der Waals surface area contributed by atoms with Crippen LogP contribution in [-0.4, -0.2) is 10.6 Å². The van der Waals surface area contributed by atoms with Crippen molar-refractivity contribution in [2.24, 2.45) is 0 Å². The van der Waals surface area contributed by atoms with Gasteiger partial charge in [-0.1, -0.05) is 11.8 Å². The number of ether oxygens (including phenoxy) is 1. The number of alkyl halides is 3. The maximum atomic E-state index is 12.5. The average Bonchev–Trinajstić information content (AvgIpc) is 2.15. The minimum Gasteiger partial charge on any atom is -0.440 e. The molecule has 0 spiro atoms. The van der Waals surface area contributed by atoms with Crippen LogP contribution in [0.1, 0.15) is 11.1 Å². The Morgan fingerprint density at radius 2 is 1.94 bits per heavy atom. The van der Waals surface area contributed by atoms with E-state index in [0.29, 0.717) is 5.56 Å². The fourth-order valence-electron chi connectivity index (χ4n) is 1.11. The quantitative estimate of drug-likeness (QED) is 0.710. The lowest BCUT2D eigenvalue weighted by atomic mass is 10.1. The van der Waals surface area contributed by atoms with Crippen molar-refractivity contribution in [3.05, 3.63) is 29.3 Å². The molecule has 0 atom stereocenters. The van der Waals surface area contributed by atoms with Gasteiger partial charge in [0.1, 0.15) is 5.75 Å². The Kier molecular flexibility index (Phi) is 4.21. The van der Waals surface area contributed by atoms with Gasteiger partial charge in [-0.3, -0.25) is 0 Å². The van der Waals surface area contributed by atoms with Gasteiger partial charge >= 0.3 is 6.18 Å². The van der Waals surface area contributed by atoms with Gasteiger partial charge in [0.15, 0.2) is 0 Å². The number of rotatable bonds is 1. The van der Waals surface area contributed by atoms with Gasteiger partial charge in [0.2, 0.25) is 4.38 Å². The summed E-state index contributed by atoms with van der Waals surface area (Å²) in [4.78, 5) is 0. The van der Waals surface area contributed by atoms with E-state index in [1.165, 1.54) is 17.8 Å². The molecule has 1 aromatic carbocycles. The first-order valence-corrected chi connectivity index (χ1v) is 5.91. The van der Waals surface area contributed by atoms with Crippen molar-refractivity contribution in [1.29, 1.82) is 0 Å². The van der Waals surface area contributed by atoms with Crippen molar-refractivity contribution in [3.63, 3.8) is 0 Å². The number of halogens is 3. The molecule has 0 aliphatic rings. The Morgan fingerprint density at radius 1 is 1.31 bits per heavy atom. The molecule has 0 bridgehead atoms. The van der Waals surface area contributed by atoms with Crippen LogP contribution in [0.4, 0.5) is 13.2 Å². The highest BCUT2D eigenvalue weighted by molar-refractivity contribution is 8.22. The molecule has 0 saturated carbocycles. The molecule has 0 aliphatic heterocycles. The van der Waals surface area contributed by atoms with Crippen LogP contribution < -0.4 is 4.74 Å². The Morgan fingerprint density at radius 3 is 2.44 bits per heavy atom. The summed E-state index contributed by atoms with van der Waals surface area (Å²) in [5, 5.41) is 0. The maximum Gasteiger partial charge on any atom is 0.416 e. The number of thiocarbonyl (C=S) groups is 1. The Labute approximate surface area is 101 Å². The van der Waals surface area contributed by atoms with Crippen LogP contribution in [0, 0.1) is 6.92 Å². The van der Waals surface area contributed by atoms with Gasteiger partial charge in [0.25, 0.3) is 0 Å². The molecule has 0 heterocycles. The molecule has 0 aliphatic carbocycles. The summed E-state index contributed by atoms with van der Waals surface area (Å²) in [5.41, 5.74) is -0.250. The highest BCUT2D eigenvalue weighted by Crippen LogP contribution is 2.32. The van der Waals surface area contributed by atoms with Crippen molar-refractivity contribution in [2.75, 3.05) is 6.26 Å². The molecule has 0 unspecified atom stereocenters. The number of aryl methyl sites for hydroxylation is 1. The highest BCUT2D eigenvalue weighted by atomic mass is 32.2. The van der Waals surface area contributed by atoms with Crippen LogP contribution in [0.2, 0.25) is 0 Å². The lowest BCUT2D eigenvalue weighted by molar-refractivity contribution is -0.137. The van der Waals surface area contributed by atoms with Crippen LogP contribution in [0.5, 0.6) is 5.75 Å². The standard InChI is InChI=1S/C10H9F3OS2/c1-6-3-7(10(11,12)13)5-8(4-6)14-9(15)16-2/h3-5H,1-2H3. The summed E-state index contributed by atoms with van der Waals surface area (Å²) < 4.78 is 42.7. The van der Waals surface area contributed by atoms with Gasteiger partial charge in [0.05, 0.1) is 5.56 Å². The summed E-state index contributed by atoms with van der Waals surface area (Å²) >= 11 is 5.94. The monoisotopic (exact) mass is 266 g/mol.